The highest BCUT2D eigenvalue weighted by Gasteiger charge is 2.32. The van der Waals surface area contributed by atoms with Gasteiger partial charge >= 0.3 is 5.97 Å². The van der Waals surface area contributed by atoms with Crippen molar-refractivity contribution in [3.05, 3.63) is 17.1 Å². The fraction of sp³-hybridized carbons (Fsp3) is 0.739. The van der Waals surface area contributed by atoms with Gasteiger partial charge in [0, 0.05) is 20.3 Å². The molecule has 0 saturated heterocycles. The van der Waals surface area contributed by atoms with E-state index in [2.05, 4.69) is 57.6 Å². The van der Waals surface area contributed by atoms with E-state index in [1.165, 1.54) is 25.3 Å². The number of carbonyl (C=O) groups excluding carboxylic acids is 1. The van der Waals surface area contributed by atoms with Crippen LogP contribution in [-0.4, -0.2) is 14.0 Å². The van der Waals surface area contributed by atoms with Crippen LogP contribution < -0.4 is 0 Å². The number of hydrogen-bond acceptors (Lipinski definition) is 2. The van der Waals surface area contributed by atoms with E-state index in [1.54, 1.807) is 0 Å². The molecule has 0 bridgehead atoms. The summed E-state index contributed by atoms with van der Waals surface area (Å²) in [6, 6.07) is 0. The van der Waals surface area contributed by atoms with Crippen LogP contribution in [0.2, 0.25) is 19.6 Å². The third kappa shape index (κ3) is 8.92. The number of ether oxygens (including phenoxy) is 1. The molecule has 0 heterocycles. The minimum Gasteiger partial charge on any atom is -0.423 e. The molecule has 1 aliphatic carbocycles. The molecule has 2 nitrogen and oxygen atoms in total. The SMILES string of the molecule is CC(=O)OC(C)=C=C1CC[C@H](C(C)(C)C)C[C@@H]1CCCC#C[Si](C)(C)C. The summed E-state index contributed by atoms with van der Waals surface area (Å²) in [7, 11) is -1.26. The molecule has 1 saturated carbocycles. The molecule has 2 atom stereocenters. The number of carbonyl (C=O) groups is 1. The van der Waals surface area contributed by atoms with E-state index in [0.717, 1.165) is 31.6 Å². The van der Waals surface area contributed by atoms with E-state index in [0.29, 0.717) is 17.1 Å². The first kappa shape index (κ1) is 22.8. The van der Waals surface area contributed by atoms with Gasteiger partial charge in [-0.2, -0.15) is 0 Å². The fourth-order valence-corrected chi connectivity index (χ4v) is 4.27. The van der Waals surface area contributed by atoms with Crippen LogP contribution in [0.3, 0.4) is 0 Å². The van der Waals surface area contributed by atoms with Crippen LogP contribution in [0.25, 0.3) is 0 Å². The zero-order valence-corrected chi connectivity index (χ0v) is 19.2. The molecule has 146 valence electrons. The zero-order valence-electron chi connectivity index (χ0n) is 18.2. The minimum atomic E-state index is -1.26. The van der Waals surface area contributed by atoms with Gasteiger partial charge in [-0.05, 0) is 54.9 Å². The Labute approximate surface area is 162 Å². The van der Waals surface area contributed by atoms with E-state index < -0.39 is 8.07 Å². The Balaban J connectivity index is 2.86. The number of rotatable bonds is 4. The predicted octanol–water partition coefficient (Wildman–Crippen LogP) is 6.49. The van der Waals surface area contributed by atoms with E-state index in [9.17, 15) is 4.79 Å². The molecule has 26 heavy (non-hydrogen) atoms. The maximum absolute atomic E-state index is 11.2. The Bertz CT molecular complexity index is 613. The monoisotopic (exact) mass is 374 g/mol. The molecule has 1 fully saturated rings. The molecular weight excluding hydrogens is 336 g/mol. The van der Waals surface area contributed by atoms with E-state index >= 15 is 0 Å². The van der Waals surface area contributed by atoms with Gasteiger partial charge in [0.05, 0.1) is 0 Å². The summed E-state index contributed by atoms with van der Waals surface area (Å²) < 4.78 is 5.20. The molecule has 0 amide bonds. The minimum absolute atomic E-state index is 0.267. The van der Waals surface area contributed by atoms with Crippen molar-refractivity contribution in [2.24, 2.45) is 17.3 Å². The topological polar surface area (TPSA) is 26.3 Å². The average molecular weight is 375 g/mol. The van der Waals surface area contributed by atoms with E-state index in [-0.39, 0.29) is 5.97 Å². The lowest BCUT2D eigenvalue weighted by atomic mass is 9.66. The van der Waals surface area contributed by atoms with Crippen LogP contribution in [0.5, 0.6) is 0 Å². The maximum atomic E-state index is 11.2. The first-order valence-electron chi connectivity index (χ1n) is 10.0. The molecular formula is C23H38O2Si. The van der Waals surface area contributed by atoms with Gasteiger partial charge in [-0.3, -0.25) is 4.79 Å². The van der Waals surface area contributed by atoms with Crippen LogP contribution in [0.1, 0.15) is 73.1 Å². The summed E-state index contributed by atoms with van der Waals surface area (Å²) in [6.07, 6.45) is 6.75. The largest absolute Gasteiger partial charge is 0.423 e. The van der Waals surface area contributed by atoms with Crippen molar-refractivity contribution in [3.63, 3.8) is 0 Å². The second-order valence-corrected chi connectivity index (χ2v) is 14.5. The fourth-order valence-electron chi connectivity index (χ4n) is 3.61. The third-order valence-electron chi connectivity index (χ3n) is 5.00. The molecule has 0 aromatic heterocycles. The lowest BCUT2D eigenvalue weighted by molar-refractivity contribution is -0.136. The van der Waals surface area contributed by atoms with Crippen molar-refractivity contribution in [3.8, 4) is 11.5 Å². The average Bonchev–Trinajstić information content (AvgIpc) is 2.45. The number of esters is 1. The Morgan fingerprint density at radius 3 is 2.42 bits per heavy atom. The summed E-state index contributed by atoms with van der Waals surface area (Å²) in [5.74, 6) is 5.00. The maximum Gasteiger partial charge on any atom is 0.308 e. The second kappa shape index (κ2) is 9.63. The second-order valence-electron chi connectivity index (χ2n) is 9.78. The van der Waals surface area contributed by atoms with Gasteiger partial charge in [0.2, 0.25) is 0 Å². The van der Waals surface area contributed by atoms with Gasteiger partial charge < -0.3 is 4.74 Å². The summed E-state index contributed by atoms with van der Waals surface area (Å²) in [4.78, 5) is 11.2. The van der Waals surface area contributed by atoms with Crippen LogP contribution in [0.4, 0.5) is 0 Å². The summed E-state index contributed by atoms with van der Waals surface area (Å²) in [6.45, 7) is 17.2. The van der Waals surface area contributed by atoms with Gasteiger partial charge in [0.15, 0.2) is 0 Å². The highest BCUT2D eigenvalue weighted by atomic mass is 28.3. The van der Waals surface area contributed by atoms with Gasteiger partial charge in [-0.15, -0.1) is 11.5 Å². The summed E-state index contributed by atoms with van der Waals surface area (Å²) in [5.41, 5.74) is 8.54. The van der Waals surface area contributed by atoms with Crippen molar-refractivity contribution in [2.45, 2.75) is 92.8 Å². The normalized spacial score (nSPS) is 20.7. The zero-order chi connectivity index (χ0) is 20.0. The number of unbranched alkanes of at least 4 members (excludes halogenated alkanes) is 1. The molecule has 1 aliphatic rings. The van der Waals surface area contributed by atoms with Crippen LogP contribution in [-0.2, 0) is 9.53 Å². The summed E-state index contributed by atoms with van der Waals surface area (Å²) in [5, 5.41) is 0. The van der Waals surface area contributed by atoms with Crippen molar-refractivity contribution < 1.29 is 9.53 Å². The summed E-state index contributed by atoms with van der Waals surface area (Å²) >= 11 is 0. The smallest absolute Gasteiger partial charge is 0.308 e. The van der Waals surface area contributed by atoms with Crippen molar-refractivity contribution >= 4 is 14.0 Å². The number of hydrogen-bond donors (Lipinski definition) is 0. The number of allylic oxidation sites excluding steroid dienone is 1. The standard InChI is InChI=1S/C23H38O2Si/c1-18(25-19(2)24)16-21-13-14-22(23(3,4)5)17-20(21)12-10-9-11-15-26(6,7)8/h20,22H,9-10,12-14,17H2,1-8H3/t16?,20-,22-/m0/s1. The molecule has 1 rings (SSSR count). The van der Waals surface area contributed by atoms with Crippen LogP contribution >= 0.6 is 0 Å². The molecule has 0 aliphatic heterocycles. The molecule has 0 spiro atoms. The van der Waals surface area contributed by atoms with E-state index in [1.807, 2.05) is 6.92 Å². The van der Waals surface area contributed by atoms with Crippen LogP contribution in [0, 0.1) is 28.7 Å². The van der Waals surface area contributed by atoms with Crippen LogP contribution in [0.15, 0.2) is 17.1 Å². The Hall–Kier alpha value is -1.23. The highest BCUT2D eigenvalue weighted by Crippen LogP contribution is 2.43. The van der Waals surface area contributed by atoms with Crippen molar-refractivity contribution in [1.29, 1.82) is 0 Å². The molecule has 0 N–H and O–H groups in total. The molecule has 0 aromatic rings. The Morgan fingerprint density at radius 2 is 1.88 bits per heavy atom. The molecule has 0 aromatic carbocycles. The van der Waals surface area contributed by atoms with Gasteiger partial charge in [-0.25, -0.2) is 0 Å². The lowest BCUT2D eigenvalue weighted by Crippen LogP contribution is -2.28. The Morgan fingerprint density at radius 1 is 1.23 bits per heavy atom. The predicted molar refractivity (Wildman–Crippen MR) is 113 cm³/mol. The van der Waals surface area contributed by atoms with Crippen molar-refractivity contribution in [1.82, 2.24) is 0 Å². The van der Waals surface area contributed by atoms with Crippen molar-refractivity contribution in [2.75, 3.05) is 0 Å². The molecule has 3 heteroatoms. The first-order chi connectivity index (χ1) is 11.9. The Kier molecular flexibility index (Phi) is 8.45. The third-order valence-corrected chi connectivity index (χ3v) is 5.93. The molecule has 0 radical (unpaired) electrons. The molecule has 0 unspecified atom stereocenters. The highest BCUT2D eigenvalue weighted by molar-refractivity contribution is 6.83. The first-order valence-corrected chi connectivity index (χ1v) is 13.5. The van der Waals surface area contributed by atoms with Gasteiger partial charge in [-0.1, -0.05) is 46.1 Å². The lowest BCUT2D eigenvalue weighted by Gasteiger charge is -2.38. The van der Waals surface area contributed by atoms with Gasteiger partial charge in [0.1, 0.15) is 13.8 Å². The quantitative estimate of drug-likeness (QED) is 0.140. The van der Waals surface area contributed by atoms with E-state index in [4.69, 9.17) is 4.74 Å². The van der Waals surface area contributed by atoms with Gasteiger partial charge in [0.25, 0.3) is 0 Å².